The quantitative estimate of drug-likeness (QED) is 0.282. The van der Waals surface area contributed by atoms with Crippen LogP contribution in [0.4, 0.5) is 8.78 Å². The van der Waals surface area contributed by atoms with Crippen LogP contribution in [-0.2, 0) is 17.6 Å². The minimum Gasteiger partial charge on any atom is -0.411 e. The molecule has 1 N–H and O–H groups in total. The van der Waals surface area contributed by atoms with Gasteiger partial charge in [-0.2, -0.15) is 0 Å². The van der Waals surface area contributed by atoms with E-state index in [0.717, 1.165) is 42.5 Å². The Bertz CT molecular complexity index is 916. The molecule has 2 aromatic rings. The van der Waals surface area contributed by atoms with Crippen molar-refractivity contribution in [1.29, 1.82) is 0 Å². The minimum atomic E-state index is -0.256. The second-order valence-corrected chi connectivity index (χ2v) is 9.34. The Labute approximate surface area is 195 Å². The van der Waals surface area contributed by atoms with E-state index in [-0.39, 0.29) is 23.3 Å². The molecule has 0 bridgehead atoms. The van der Waals surface area contributed by atoms with Gasteiger partial charge < -0.3 is 5.21 Å². The molecule has 2 saturated carbocycles. The summed E-state index contributed by atoms with van der Waals surface area (Å²) >= 11 is 0. The van der Waals surface area contributed by atoms with Crippen LogP contribution in [0.5, 0.6) is 0 Å². The first kappa shape index (κ1) is 25.1. The normalized spacial score (nSPS) is 17.8. The third-order valence-corrected chi connectivity index (χ3v) is 6.81. The van der Waals surface area contributed by atoms with Crippen LogP contribution in [0.1, 0.15) is 75.3 Å². The Kier molecular flexibility index (Phi) is 10.0. The van der Waals surface area contributed by atoms with Gasteiger partial charge in [0.1, 0.15) is 17.4 Å². The first-order chi connectivity index (χ1) is 16.0. The summed E-state index contributed by atoms with van der Waals surface area (Å²) in [5.41, 5.74) is 2.48. The Balaban J connectivity index is 0.000000186. The summed E-state index contributed by atoms with van der Waals surface area (Å²) in [6.07, 6.45) is 12.4. The largest absolute Gasteiger partial charge is 0.411 e. The van der Waals surface area contributed by atoms with E-state index in [1.165, 1.54) is 62.8 Å². The third kappa shape index (κ3) is 8.38. The van der Waals surface area contributed by atoms with E-state index in [1.54, 1.807) is 12.1 Å². The number of hydrogen-bond donors (Lipinski definition) is 1. The lowest BCUT2D eigenvalue weighted by Crippen LogP contribution is -2.20. The highest BCUT2D eigenvalue weighted by Crippen LogP contribution is 2.27. The second-order valence-electron chi connectivity index (χ2n) is 9.34. The van der Waals surface area contributed by atoms with Crippen LogP contribution < -0.4 is 0 Å². The van der Waals surface area contributed by atoms with E-state index in [1.807, 2.05) is 12.1 Å². The van der Waals surface area contributed by atoms with E-state index in [2.05, 4.69) is 5.16 Å². The second kappa shape index (κ2) is 13.2. The Morgan fingerprint density at radius 1 is 0.758 bits per heavy atom. The van der Waals surface area contributed by atoms with Gasteiger partial charge in [-0.25, -0.2) is 8.78 Å². The molecule has 33 heavy (non-hydrogen) atoms. The average molecular weight is 456 g/mol. The molecule has 5 heteroatoms. The highest BCUT2D eigenvalue weighted by molar-refractivity contribution is 5.88. The van der Waals surface area contributed by atoms with E-state index >= 15 is 0 Å². The summed E-state index contributed by atoms with van der Waals surface area (Å²) in [5.74, 6) is 0.386. The molecule has 2 aliphatic rings. The number of ketones is 1. The summed E-state index contributed by atoms with van der Waals surface area (Å²) in [6.45, 7) is 0. The Morgan fingerprint density at radius 3 is 1.73 bits per heavy atom. The van der Waals surface area contributed by atoms with Gasteiger partial charge in [-0.1, -0.05) is 67.9 Å². The van der Waals surface area contributed by atoms with Gasteiger partial charge in [0, 0.05) is 24.7 Å². The van der Waals surface area contributed by atoms with Gasteiger partial charge >= 0.3 is 0 Å². The molecule has 0 aliphatic heterocycles. The van der Waals surface area contributed by atoms with Gasteiger partial charge in [-0.05, 0) is 61.1 Å². The van der Waals surface area contributed by atoms with Gasteiger partial charge in [0.25, 0.3) is 0 Å². The topological polar surface area (TPSA) is 49.7 Å². The highest BCUT2D eigenvalue weighted by Gasteiger charge is 2.21. The lowest BCUT2D eigenvalue weighted by atomic mass is 9.84. The third-order valence-electron chi connectivity index (χ3n) is 6.81. The fourth-order valence-corrected chi connectivity index (χ4v) is 4.97. The molecule has 2 aromatic carbocycles. The maximum atomic E-state index is 13.1. The number of oxime groups is 1. The van der Waals surface area contributed by atoms with Crippen molar-refractivity contribution in [2.75, 3.05) is 0 Å². The summed E-state index contributed by atoms with van der Waals surface area (Å²) in [7, 11) is 0. The van der Waals surface area contributed by atoms with Crippen molar-refractivity contribution in [2.45, 2.75) is 77.0 Å². The average Bonchev–Trinajstić information content (AvgIpc) is 2.84. The van der Waals surface area contributed by atoms with Crippen molar-refractivity contribution in [3.8, 4) is 0 Å². The van der Waals surface area contributed by atoms with Gasteiger partial charge in [0.2, 0.25) is 0 Å². The van der Waals surface area contributed by atoms with Crippen molar-refractivity contribution < 1.29 is 18.8 Å². The van der Waals surface area contributed by atoms with Crippen LogP contribution in [0, 0.1) is 23.5 Å². The first-order valence-electron chi connectivity index (χ1n) is 12.3. The maximum absolute atomic E-state index is 13.1. The van der Waals surface area contributed by atoms with Crippen LogP contribution >= 0.6 is 0 Å². The molecule has 0 aromatic heterocycles. The molecule has 178 valence electrons. The van der Waals surface area contributed by atoms with Gasteiger partial charge in [0.15, 0.2) is 0 Å². The van der Waals surface area contributed by atoms with Crippen molar-refractivity contribution in [2.24, 2.45) is 17.0 Å². The van der Waals surface area contributed by atoms with E-state index in [4.69, 9.17) is 5.21 Å². The van der Waals surface area contributed by atoms with E-state index in [0.29, 0.717) is 18.8 Å². The molecule has 0 spiro atoms. The molecule has 0 unspecified atom stereocenters. The zero-order valence-electron chi connectivity index (χ0n) is 19.3. The fraction of sp³-hybridized carbons (Fsp3) is 0.500. The molecule has 2 fully saturated rings. The molecule has 4 rings (SSSR count). The van der Waals surface area contributed by atoms with Crippen LogP contribution in [0.15, 0.2) is 53.7 Å². The molecule has 0 heterocycles. The maximum Gasteiger partial charge on any atom is 0.140 e. The zero-order chi connectivity index (χ0) is 23.5. The Hall–Kier alpha value is -2.56. The number of hydrogen-bond acceptors (Lipinski definition) is 3. The SMILES string of the molecule is O/N=C(\Cc1cccc(F)c1)C1CCCCC1.O=C(Cc1cccc(F)c1)C1CCCCC1. The summed E-state index contributed by atoms with van der Waals surface area (Å²) in [5, 5.41) is 12.5. The van der Waals surface area contributed by atoms with Crippen LogP contribution in [0.25, 0.3) is 0 Å². The van der Waals surface area contributed by atoms with E-state index in [9.17, 15) is 13.6 Å². The standard InChI is InChI=1S/C14H18FNO.C14H17FO/c15-13-8-4-5-11(9-13)10-14(16-17)12-6-2-1-3-7-12;15-13-8-4-5-11(9-13)10-14(16)12-6-2-1-3-7-12/h4-5,8-9,12,17H,1-3,6-7,10H2;4-5,8-9,12H,1-3,6-7,10H2/b16-14+;. The fourth-order valence-electron chi connectivity index (χ4n) is 4.97. The predicted octanol–water partition coefficient (Wildman–Crippen LogP) is 7.30. The molecule has 2 aliphatic carbocycles. The van der Waals surface area contributed by atoms with Crippen molar-refractivity contribution in [3.63, 3.8) is 0 Å². The molecule has 0 saturated heterocycles. The lowest BCUT2D eigenvalue weighted by molar-refractivity contribution is -0.123. The summed E-state index contributed by atoms with van der Waals surface area (Å²) in [4.78, 5) is 12.0. The molecule has 0 atom stereocenters. The smallest absolute Gasteiger partial charge is 0.140 e. The molecule has 0 amide bonds. The zero-order valence-corrected chi connectivity index (χ0v) is 19.3. The number of nitrogens with zero attached hydrogens (tertiary/aromatic N) is 1. The Morgan fingerprint density at radius 2 is 1.24 bits per heavy atom. The number of halogens is 2. The monoisotopic (exact) mass is 455 g/mol. The summed E-state index contributed by atoms with van der Waals surface area (Å²) in [6, 6.07) is 12.9. The summed E-state index contributed by atoms with van der Waals surface area (Å²) < 4.78 is 26.0. The number of carbonyl (C=O) groups is 1. The van der Waals surface area contributed by atoms with E-state index < -0.39 is 0 Å². The van der Waals surface area contributed by atoms with Gasteiger partial charge in [0.05, 0.1) is 5.71 Å². The van der Waals surface area contributed by atoms with Crippen molar-refractivity contribution >= 4 is 11.5 Å². The minimum absolute atomic E-state index is 0.219. The molecule has 0 radical (unpaired) electrons. The molecular formula is C28H35F2NO2. The lowest BCUT2D eigenvalue weighted by Gasteiger charge is -2.22. The van der Waals surface area contributed by atoms with Crippen molar-refractivity contribution in [1.82, 2.24) is 0 Å². The number of benzene rings is 2. The van der Waals surface area contributed by atoms with Crippen LogP contribution in [0.2, 0.25) is 0 Å². The number of Topliss-reactive ketones (excluding diaryl/α,β-unsaturated/α-hetero) is 1. The highest BCUT2D eigenvalue weighted by atomic mass is 19.1. The number of carbonyl (C=O) groups excluding carboxylic acids is 1. The molecule has 3 nitrogen and oxygen atoms in total. The van der Waals surface area contributed by atoms with Gasteiger partial charge in [-0.3, -0.25) is 4.79 Å². The molecular weight excluding hydrogens is 420 g/mol. The van der Waals surface area contributed by atoms with Crippen LogP contribution in [0.3, 0.4) is 0 Å². The first-order valence-corrected chi connectivity index (χ1v) is 12.3. The van der Waals surface area contributed by atoms with Gasteiger partial charge in [-0.15, -0.1) is 0 Å². The van der Waals surface area contributed by atoms with Crippen molar-refractivity contribution in [3.05, 3.63) is 71.3 Å². The number of rotatable bonds is 6. The predicted molar refractivity (Wildman–Crippen MR) is 128 cm³/mol. The van der Waals surface area contributed by atoms with Crippen LogP contribution in [-0.4, -0.2) is 16.7 Å².